The first-order chi connectivity index (χ1) is 22.8. The Balaban J connectivity index is 1.42. The Labute approximate surface area is 286 Å². The van der Waals surface area contributed by atoms with Crippen molar-refractivity contribution < 1.29 is 28.8 Å². The smallest absolute Gasteiger partial charge is 0.289 e. The summed E-state index contributed by atoms with van der Waals surface area (Å²) in [5, 5.41) is 8.95. The minimum absolute atomic E-state index is 0.00330. The largest absolute Gasteiger partial charge is 0.347 e. The van der Waals surface area contributed by atoms with E-state index in [1.165, 1.54) is 4.90 Å². The highest BCUT2D eigenvalue weighted by Crippen LogP contribution is 2.39. The molecule has 48 heavy (non-hydrogen) atoms. The van der Waals surface area contributed by atoms with Gasteiger partial charge in [0.15, 0.2) is 0 Å². The molecule has 1 saturated carbocycles. The van der Waals surface area contributed by atoms with Gasteiger partial charge in [0.05, 0.1) is 24.7 Å². The highest BCUT2D eigenvalue weighted by molar-refractivity contribution is 6.38. The van der Waals surface area contributed by atoms with E-state index in [9.17, 15) is 24.0 Å². The lowest BCUT2D eigenvalue weighted by atomic mass is 9.85. The fourth-order valence-corrected chi connectivity index (χ4v) is 6.29. The van der Waals surface area contributed by atoms with Crippen LogP contribution in [0.25, 0.3) is 5.70 Å². The number of rotatable bonds is 12. The molecule has 1 saturated heterocycles. The van der Waals surface area contributed by atoms with Crippen LogP contribution in [-0.4, -0.2) is 70.6 Å². The Kier molecular flexibility index (Phi) is 10.6. The van der Waals surface area contributed by atoms with E-state index in [1.54, 1.807) is 12.1 Å². The molecular formula is C36H44ClN5O6. The number of Topliss-reactive ketones (excluding diaryl/α,β-unsaturated/α-hetero) is 1. The van der Waals surface area contributed by atoms with Crippen molar-refractivity contribution in [2.24, 2.45) is 5.41 Å². The molecule has 0 aromatic heterocycles. The van der Waals surface area contributed by atoms with Crippen LogP contribution in [0.4, 0.5) is 0 Å². The number of ketones is 1. The number of benzene rings is 2. The summed E-state index contributed by atoms with van der Waals surface area (Å²) in [5.41, 5.74) is 3.32. The van der Waals surface area contributed by atoms with Crippen molar-refractivity contribution in [2.45, 2.75) is 96.0 Å². The molecule has 2 aromatic rings. The topological polar surface area (TPSA) is 146 Å². The van der Waals surface area contributed by atoms with Gasteiger partial charge in [0, 0.05) is 23.0 Å². The number of nitrogens with zero attached hydrogens (tertiary/aromatic N) is 1. The summed E-state index contributed by atoms with van der Waals surface area (Å²) < 4.78 is 0. The number of hydrogen-bond donors (Lipinski definition) is 4. The molecule has 5 rings (SSSR count). The summed E-state index contributed by atoms with van der Waals surface area (Å²) in [6.07, 6.45) is 4.43. The van der Waals surface area contributed by atoms with Crippen LogP contribution in [-0.2, 0) is 35.2 Å². The van der Waals surface area contributed by atoms with Gasteiger partial charge in [-0.1, -0.05) is 88.2 Å². The average Bonchev–Trinajstić information content (AvgIpc) is 3.63. The van der Waals surface area contributed by atoms with Crippen LogP contribution in [0.15, 0.2) is 60.7 Å². The van der Waals surface area contributed by atoms with Gasteiger partial charge >= 0.3 is 0 Å². The van der Waals surface area contributed by atoms with Crippen molar-refractivity contribution in [2.75, 3.05) is 6.54 Å². The molecule has 11 nitrogen and oxygen atoms in total. The summed E-state index contributed by atoms with van der Waals surface area (Å²) in [4.78, 5) is 75.1. The molecule has 256 valence electrons. The first kappa shape index (κ1) is 35.1. The number of hydroxylamine groups is 1. The summed E-state index contributed by atoms with van der Waals surface area (Å²) >= 11 is 6.23. The Hall–Kier alpha value is -4.22. The van der Waals surface area contributed by atoms with Crippen molar-refractivity contribution in [3.8, 4) is 0 Å². The van der Waals surface area contributed by atoms with Crippen molar-refractivity contribution in [1.82, 2.24) is 26.3 Å². The summed E-state index contributed by atoms with van der Waals surface area (Å²) in [5.74, 6) is -2.81. The van der Waals surface area contributed by atoms with Gasteiger partial charge < -0.3 is 20.9 Å². The minimum Gasteiger partial charge on any atom is -0.347 e. The molecule has 4 N–H and O–H groups in total. The molecule has 1 aliphatic carbocycles. The Morgan fingerprint density at radius 1 is 1.04 bits per heavy atom. The number of carbonyl (C=O) groups is 5. The third-order valence-corrected chi connectivity index (χ3v) is 9.05. The SMILES string of the molecule is CCC[C@H](NC(=O)[C@@H]1C[C@]2(C=C(c3cccc(Cl)c3)NO2)CN1C(=O)[C@@H](NC(=O)Cc1ccccc1)C(C)(C)C)C(=O)C(=O)NC1CC1. The molecule has 3 aliphatic rings. The quantitative estimate of drug-likeness (QED) is 0.252. The van der Waals surface area contributed by atoms with Crippen LogP contribution in [0.5, 0.6) is 0 Å². The van der Waals surface area contributed by atoms with E-state index in [-0.39, 0.29) is 37.8 Å². The lowest BCUT2D eigenvalue weighted by Crippen LogP contribution is -2.59. The van der Waals surface area contributed by atoms with Crippen LogP contribution >= 0.6 is 11.6 Å². The predicted octanol–water partition coefficient (Wildman–Crippen LogP) is 3.46. The maximum atomic E-state index is 14.5. The van der Waals surface area contributed by atoms with Crippen LogP contribution < -0.4 is 21.4 Å². The van der Waals surface area contributed by atoms with Crippen LogP contribution in [0.1, 0.15) is 70.9 Å². The molecule has 1 spiro atoms. The zero-order valence-electron chi connectivity index (χ0n) is 27.8. The standard InChI is InChI=1S/C36H44ClN5O6/c1-5-10-26(30(44)33(46)38-25-15-16-25)39-32(45)28-20-36(19-27(41-48-36)23-13-9-14-24(37)18-23)21-42(28)34(47)31(35(2,3)4)40-29(43)17-22-11-7-6-8-12-22/h6-9,11-14,18-19,25-26,28,31,41H,5,10,15-17,20-21H2,1-4H3,(H,38,46)(H,39,45)(H,40,43)/t26-,28-,31+,36+/m0/s1. The van der Waals surface area contributed by atoms with Gasteiger partial charge in [-0.25, -0.2) is 0 Å². The molecule has 0 bridgehead atoms. The molecule has 12 heteroatoms. The number of halogens is 1. The van der Waals surface area contributed by atoms with E-state index < -0.39 is 52.6 Å². The minimum atomic E-state index is -1.10. The normalized spacial score (nSPS) is 21.6. The second-order valence-corrected chi connectivity index (χ2v) is 14.5. The van der Waals surface area contributed by atoms with Gasteiger partial charge in [-0.15, -0.1) is 0 Å². The Morgan fingerprint density at radius 2 is 1.77 bits per heavy atom. The number of nitrogens with one attached hydrogen (secondary N) is 4. The number of likely N-dealkylation sites (tertiary alicyclic amines) is 1. The van der Waals surface area contributed by atoms with Gasteiger partial charge in [0.25, 0.3) is 5.91 Å². The first-order valence-corrected chi connectivity index (χ1v) is 16.9. The fourth-order valence-electron chi connectivity index (χ4n) is 6.10. The van der Waals surface area contributed by atoms with E-state index >= 15 is 0 Å². The lowest BCUT2D eigenvalue weighted by Gasteiger charge is -2.35. The predicted molar refractivity (Wildman–Crippen MR) is 181 cm³/mol. The Bertz CT molecular complexity index is 1590. The molecule has 0 radical (unpaired) electrons. The molecule has 2 aliphatic heterocycles. The van der Waals surface area contributed by atoms with Gasteiger partial charge in [0.2, 0.25) is 23.5 Å². The van der Waals surface area contributed by atoms with Crippen molar-refractivity contribution >= 4 is 46.7 Å². The van der Waals surface area contributed by atoms with Crippen molar-refractivity contribution in [3.63, 3.8) is 0 Å². The Morgan fingerprint density at radius 3 is 2.42 bits per heavy atom. The number of amides is 4. The van der Waals surface area contributed by atoms with Crippen LogP contribution in [0.3, 0.4) is 0 Å². The zero-order valence-corrected chi connectivity index (χ0v) is 28.6. The van der Waals surface area contributed by atoms with E-state index in [0.717, 1.165) is 24.0 Å². The summed E-state index contributed by atoms with van der Waals surface area (Å²) in [6, 6.07) is 13.3. The first-order valence-electron chi connectivity index (χ1n) is 16.5. The second-order valence-electron chi connectivity index (χ2n) is 14.0. The molecule has 4 amide bonds. The summed E-state index contributed by atoms with van der Waals surface area (Å²) in [7, 11) is 0. The van der Waals surface area contributed by atoms with E-state index in [2.05, 4.69) is 21.4 Å². The molecule has 2 fully saturated rings. The van der Waals surface area contributed by atoms with Gasteiger partial charge in [0.1, 0.15) is 17.7 Å². The van der Waals surface area contributed by atoms with Crippen LogP contribution in [0, 0.1) is 5.41 Å². The van der Waals surface area contributed by atoms with E-state index in [1.807, 2.05) is 76.2 Å². The number of carbonyl (C=O) groups excluding carboxylic acids is 5. The lowest BCUT2D eigenvalue weighted by molar-refractivity contribution is -0.145. The molecule has 2 aromatic carbocycles. The van der Waals surface area contributed by atoms with Gasteiger partial charge in [-0.2, -0.15) is 0 Å². The number of hydrogen-bond acceptors (Lipinski definition) is 7. The third-order valence-electron chi connectivity index (χ3n) is 8.82. The second kappa shape index (κ2) is 14.5. The zero-order chi connectivity index (χ0) is 34.6. The van der Waals surface area contributed by atoms with Crippen molar-refractivity contribution in [3.05, 3.63) is 76.8 Å². The van der Waals surface area contributed by atoms with Crippen molar-refractivity contribution in [1.29, 1.82) is 0 Å². The fraction of sp³-hybridized carbons (Fsp3) is 0.472. The van der Waals surface area contributed by atoms with Gasteiger partial charge in [-0.3, -0.25) is 34.3 Å². The maximum Gasteiger partial charge on any atom is 0.289 e. The third kappa shape index (κ3) is 8.43. The highest BCUT2D eigenvalue weighted by atomic mass is 35.5. The molecule has 2 heterocycles. The monoisotopic (exact) mass is 677 g/mol. The van der Waals surface area contributed by atoms with Gasteiger partial charge in [-0.05, 0) is 48.4 Å². The van der Waals surface area contributed by atoms with E-state index in [0.29, 0.717) is 17.1 Å². The average molecular weight is 678 g/mol. The molecular weight excluding hydrogens is 634 g/mol. The van der Waals surface area contributed by atoms with E-state index in [4.69, 9.17) is 16.4 Å². The highest BCUT2D eigenvalue weighted by Gasteiger charge is 2.54. The molecule has 4 atom stereocenters. The summed E-state index contributed by atoms with van der Waals surface area (Å²) in [6.45, 7) is 7.39. The van der Waals surface area contributed by atoms with Crippen LogP contribution in [0.2, 0.25) is 5.02 Å². The molecule has 0 unspecified atom stereocenters. The maximum absolute atomic E-state index is 14.5.